The molecular weight excluding hydrogens is 333 g/mol. The van der Waals surface area contributed by atoms with Gasteiger partial charge >= 0.3 is 5.97 Å². The Hall–Kier alpha value is -1.62. The number of benzene rings is 1. The molecular formula is C18H23ClFNO3. The molecule has 1 fully saturated rings. The molecule has 0 unspecified atom stereocenters. The van der Waals surface area contributed by atoms with Crippen molar-refractivity contribution >= 4 is 23.5 Å². The average Bonchev–Trinajstić information content (AvgIpc) is 2.51. The molecule has 0 aromatic heterocycles. The van der Waals surface area contributed by atoms with Gasteiger partial charge in [-0.1, -0.05) is 44.4 Å². The highest BCUT2D eigenvalue weighted by atomic mass is 35.5. The van der Waals surface area contributed by atoms with Crippen LogP contribution in [0.2, 0.25) is 5.02 Å². The number of halogens is 2. The molecule has 1 amide bonds. The molecule has 1 aromatic carbocycles. The summed E-state index contributed by atoms with van der Waals surface area (Å²) in [5.74, 6) is -1.17. The molecule has 0 heterocycles. The Kier molecular flexibility index (Phi) is 6.21. The summed E-state index contributed by atoms with van der Waals surface area (Å²) in [6.07, 6.45) is 2.12. The summed E-state index contributed by atoms with van der Waals surface area (Å²) in [5.41, 5.74) is -0.349. The highest BCUT2D eigenvalue weighted by Crippen LogP contribution is 2.29. The van der Waals surface area contributed by atoms with Crippen molar-refractivity contribution in [2.45, 2.75) is 52.2 Å². The normalized spacial score (nSPS) is 25.0. The molecule has 24 heavy (non-hydrogen) atoms. The van der Waals surface area contributed by atoms with Crippen molar-refractivity contribution in [1.82, 2.24) is 5.32 Å². The van der Waals surface area contributed by atoms with Crippen LogP contribution in [-0.4, -0.2) is 24.0 Å². The zero-order valence-electron chi connectivity index (χ0n) is 14.1. The van der Waals surface area contributed by atoms with E-state index < -0.39 is 17.9 Å². The standard InChI is InChI=1S/C18H23ClFNO3/c1-10-6-4-9-15(11(10)2)21-17(22)12(3)24-18(23)16-13(19)7-5-8-14(16)20/h5,7-8,10-12,15H,4,6,9H2,1-3H3,(H,21,22)/t10-,11-,12-,15+/m1/s1. The maximum absolute atomic E-state index is 13.7. The number of esters is 1. The first kappa shape index (κ1) is 18.7. The Morgan fingerprint density at radius 2 is 2.04 bits per heavy atom. The Balaban J connectivity index is 1.97. The second-order valence-corrected chi connectivity index (χ2v) is 6.93. The van der Waals surface area contributed by atoms with Crippen LogP contribution in [-0.2, 0) is 9.53 Å². The van der Waals surface area contributed by atoms with Crippen molar-refractivity contribution < 1.29 is 18.7 Å². The first-order chi connectivity index (χ1) is 11.3. The van der Waals surface area contributed by atoms with Gasteiger partial charge in [-0.05, 0) is 37.3 Å². The quantitative estimate of drug-likeness (QED) is 0.831. The zero-order valence-corrected chi connectivity index (χ0v) is 14.9. The fourth-order valence-electron chi connectivity index (χ4n) is 3.05. The Morgan fingerprint density at radius 1 is 1.33 bits per heavy atom. The minimum atomic E-state index is -1.02. The summed E-state index contributed by atoms with van der Waals surface area (Å²) in [6, 6.07) is 3.99. The highest BCUT2D eigenvalue weighted by molar-refractivity contribution is 6.33. The largest absolute Gasteiger partial charge is 0.449 e. The van der Waals surface area contributed by atoms with E-state index in [1.807, 2.05) is 0 Å². The van der Waals surface area contributed by atoms with Crippen LogP contribution in [0.4, 0.5) is 4.39 Å². The van der Waals surface area contributed by atoms with Crippen LogP contribution >= 0.6 is 11.6 Å². The number of hydrogen-bond acceptors (Lipinski definition) is 3. The van der Waals surface area contributed by atoms with E-state index in [2.05, 4.69) is 19.2 Å². The van der Waals surface area contributed by atoms with Gasteiger partial charge in [0, 0.05) is 6.04 Å². The Bertz CT molecular complexity index is 602. The maximum Gasteiger partial charge on any atom is 0.343 e. The molecule has 0 radical (unpaired) electrons. The SMILES string of the molecule is C[C@@H]1[C@H](C)CCC[C@@H]1NC(=O)[C@@H](C)OC(=O)c1c(F)cccc1Cl. The van der Waals surface area contributed by atoms with Crippen LogP contribution in [0.3, 0.4) is 0 Å². The molecule has 0 spiro atoms. The molecule has 6 heteroatoms. The van der Waals surface area contributed by atoms with Gasteiger partial charge in [-0.15, -0.1) is 0 Å². The van der Waals surface area contributed by atoms with Crippen LogP contribution in [0, 0.1) is 17.7 Å². The molecule has 1 N–H and O–H groups in total. The molecule has 1 aliphatic rings. The van der Waals surface area contributed by atoms with Crippen LogP contribution in [0.15, 0.2) is 18.2 Å². The first-order valence-corrected chi connectivity index (χ1v) is 8.64. The molecule has 132 valence electrons. The third-order valence-electron chi connectivity index (χ3n) is 4.85. The lowest BCUT2D eigenvalue weighted by Crippen LogP contribution is -2.47. The van der Waals surface area contributed by atoms with Crippen molar-refractivity contribution in [3.63, 3.8) is 0 Å². The summed E-state index contributed by atoms with van der Waals surface area (Å²) in [7, 11) is 0. The predicted octanol–water partition coefficient (Wildman–Crippen LogP) is 3.97. The third-order valence-corrected chi connectivity index (χ3v) is 5.17. The number of nitrogens with one attached hydrogen (secondary N) is 1. The van der Waals surface area contributed by atoms with Crippen molar-refractivity contribution in [2.24, 2.45) is 11.8 Å². The van der Waals surface area contributed by atoms with Gasteiger partial charge in [-0.2, -0.15) is 0 Å². The zero-order chi connectivity index (χ0) is 17.9. The summed E-state index contributed by atoms with van der Waals surface area (Å²) >= 11 is 5.84. The van der Waals surface area contributed by atoms with E-state index >= 15 is 0 Å². The second-order valence-electron chi connectivity index (χ2n) is 6.53. The Morgan fingerprint density at radius 3 is 2.71 bits per heavy atom. The lowest BCUT2D eigenvalue weighted by atomic mass is 9.78. The molecule has 4 atom stereocenters. The maximum atomic E-state index is 13.7. The first-order valence-electron chi connectivity index (χ1n) is 8.26. The number of ether oxygens (including phenoxy) is 1. The minimum Gasteiger partial charge on any atom is -0.449 e. The van der Waals surface area contributed by atoms with Crippen LogP contribution in [0.1, 0.15) is 50.4 Å². The second kappa shape index (κ2) is 7.97. The fourth-order valence-corrected chi connectivity index (χ4v) is 3.29. The molecule has 1 saturated carbocycles. The van der Waals surface area contributed by atoms with E-state index in [4.69, 9.17) is 16.3 Å². The van der Waals surface area contributed by atoms with Gasteiger partial charge in [0.05, 0.1) is 5.02 Å². The summed E-state index contributed by atoms with van der Waals surface area (Å²) in [6.45, 7) is 5.76. The molecule has 2 rings (SSSR count). The fraction of sp³-hybridized carbons (Fsp3) is 0.556. The van der Waals surface area contributed by atoms with E-state index in [0.29, 0.717) is 11.8 Å². The van der Waals surface area contributed by atoms with Crippen molar-refractivity contribution in [1.29, 1.82) is 0 Å². The van der Waals surface area contributed by atoms with Gasteiger partial charge in [0.25, 0.3) is 5.91 Å². The number of amides is 1. The van der Waals surface area contributed by atoms with E-state index in [-0.39, 0.29) is 22.5 Å². The minimum absolute atomic E-state index is 0.0395. The van der Waals surface area contributed by atoms with Gasteiger partial charge in [0.1, 0.15) is 11.4 Å². The Labute approximate surface area is 146 Å². The summed E-state index contributed by atoms with van der Waals surface area (Å²) in [5, 5.41) is 2.90. The van der Waals surface area contributed by atoms with E-state index in [1.165, 1.54) is 19.1 Å². The van der Waals surface area contributed by atoms with Crippen molar-refractivity contribution in [2.75, 3.05) is 0 Å². The molecule has 4 nitrogen and oxygen atoms in total. The lowest BCUT2D eigenvalue weighted by molar-refractivity contribution is -0.130. The van der Waals surface area contributed by atoms with Gasteiger partial charge < -0.3 is 10.1 Å². The number of carbonyl (C=O) groups excluding carboxylic acids is 2. The highest BCUT2D eigenvalue weighted by Gasteiger charge is 2.30. The van der Waals surface area contributed by atoms with E-state index in [0.717, 1.165) is 25.3 Å². The van der Waals surface area contributed by atoms with Gasteiger partial charge in [-0.25, -0.2) is 9.18 Å². The molecule has 0 saturated heterocycles. The number of hydrogen-bond donors (Lipinski definition) is 1. The van der Waals surface area contributed by atoms with Crippen LogP contribution in [0.25, 0.3) is 0 Å². The van der Waals surface area contributed by atoms with E-state index in [1.54, 1.807) is 0 Å². The van der Waals surface area contributed by atoms with Gasteiger partial charge in [0.15, 0.2) is 6.10 Å². The third kappa shape index (κ3) is 4.26. The molecule has 1 aliphatic carbocycles. The molecule has 0 bridgehead atoms. The van der Waals surface area contributed by atoms with Crippen LogP contribution < -0.4 is 5.32 Å². The van der Waals surface area contributed by atoms with Crippen molar-refractivity contribution in [3.05, 3.63) is 34.6 Å². The topological polar surface area (TPSA) is 55.4 Å². The lowest BCUT2D eigenvalue weighted by Gasteiger charge is -2.35. The molecule has 1 aromatic rings. The number of carbonyl (C=O) groups is 2. The van der Waals surface area contributed by atoms with Gasteiger partial charge in [0.2, 0.25) is 0 Å². The summed E-state index contributed by atoms with van der Waals surface area (Å²) < 4.78 is 18.8. The van der Waals surface area contributed by atoms with Gasteiger partial charge in [-0.3, -0.25) is 4.79 Å². The van der Waals surface area contributed by atoms with Crippen LogP contribution in [0.5, 0.6) is 0 Å². The summed E-state index contributed by atoms with van der Waals surface area (Å²) in [4.78, 5) is 24.4. The monoisotopic (exact) mass is 355 g/mol. The number of rotatable bonds is 4. The average molecular weight is 356 g/mol. The van der Waals surface area contributed by atoms with E-state index in [9.17, 15) is 14.0 Å². The van der Waals surface area contributed by atoms with Crippen molar-refractivity contribution in [3.8, 4) is 0 Å². The molecule has 0 aliphatic heterocycles. The smallest absolute Gasteiger partial charge is 0.343 e. The predicted molar refractivity (Wildman–Crippen MR) is 90.4 cm³/mol.